The van der Waals surface area contributed by atoms with Crippen molar-refractivity contribution in [1.82, 2.24) is 4.31 Å². The average Bonchev–Trinajstić information content (AvgIpc) is 2.55. The van der Waals surface area contributed by atoms with E-state index < -0.39 is 28.0 Å². The molecule has 1 atom stereocenters. The number of aryl methyl sites for hydroxylation is 1. The maximum atomic E-state index is 12.8. The second-order valence-corrected chi connectivity index (χ2v) is 7.35. The van der Waals surface area contributed by atoms with Crippen molar-refractivity contribution in [2.45, 2.75) is 24.8 Å². The molecule has 1 aromatic rings. The van der Waals surface area contributed by atoms with Crippen LogP contribution in [0.25, 0.3) is 0 Å². The van der Waals surface area contributed by atoms with Crippen molar-refractivity contribution >= 4 is 21.9 Å². The van der Waals surface area contributed by atoms with Gasteiger partial charge in [-0.3, -0.25) is 4.79 Å². The Morgan fingerprint density at radius 2 is 1.92 bits per heavy atom. The van der Waals surface area contributed by atoms with Gasteiger partial charge in [-0.05, 0) is 31.5 Å². The fraction of sp³-hybridized carbons (Fsp3) is 0.467. The molecule has 1 saturated heterocycles. The van der Waals surface area contributed by atoms with E-state index in [2.05, 4.69) is 0 Å². The summed E-state index contributed by atoms with van der Waals surface area (Å²) in [6, 6.07) is 4.23. The molecule has 0 saturated carbocycles. The van der Waals surface area contributed by atoms with E-state index in [-0.39, 0.29) is 23.5 Å². The van der Waals surface area contributed by atoms with Crippen LogP contribution in [0.2, 0.25) is 0 Å². The first kappa shape index (κ1) is 18.4. The summed E-state index contributed by atoms with van der Waals surface area (Å²) >= 11 is 0. The van der Waals surface area contributed by atoms with Gasteiger partial charge in [-0.25, -0.2) is 13.2 Å². The molecule has 0 radical (unpaired) electrons. The van der Waals surface area contributed by atoms with Crippen molar-refractivity contribution < 1.29 is 27.5 Å². The summed E-state index contributed by atoms with van der Waals surface area (Å²) < 4.78 is 36.9. The van der Waals surface area contributed by atoms with E-state index >= 15 is 0 Å². The van der Waals surface area contributed by atoms with Crippen LogP contribution in [0.1, 0.15) is 22.8 Å². The van der Waals surface area contributed by atoms with Gasteiger partial charge in [-0.15, -0.1) is 0 Å². The molecule has 1 aliphatic rings. The van der Waals surface area contributed by atoms with Gasteiger partial charge in [-0.2, -0.15) is 4.31 Å². The van der Waals surface area contributed by atoms with Crippen molar-refractivity contribution in [3.05, 3.63) is 29.3 Å². The van der Waals surface area contributed by atoms with Crippen LogP contribution in [0.3, 0.4) is 0 Å². The van der Waals surface area contributed by atoms with Gasteiger partial charge in [0.25, 0.3) is 5.91 Å². The molecule has 1 amide bonds. The summed E-state index contributed by atoms with van der Waals surface area (Å²) in [5.74, 6) is -1.59. The number of esters is 1. The number of carbonyl (C=O) groups is 2. The number of benzene rings is 1. The third kappa shape index (κ3) is 3.92. The maximum absolute atomic E-state index is 12.8. The normalized spacial score (nSPS) is 17.2. The largest absolute Gasteiger partial charge is 0.449 e. The molecule has 2 rings (SSSR count). The number of carbonyl (C=O) groups excluding carboxylic acids is 2. The minimum Gasteiger partial charge on any atom is -0.449 e. The van der Waals surface area contributed by atoms with Gasteiger partial charge in [0.15, 0.2) is 6.10 Å². The number of morpholine rings is 1. The Hall–Kier alpha value is -1.97. The molecule has 0 bridgehead atoms. The molecule has 132 valence electrons. The summed E-state index contributed by atoms with van der Waals surface area (Å²) in [6.07, 6.45) is -1.10. The molecule has 1 fully saturated rings. The Labute approximate surface area is 140 Å². The van der Waals surface area contributed by atoms with Crippen molar-refractivity contribution in [2.24, 2.45) is 5.73 Å². The zero-order chi connectivity index (χ0) is 17.9. The number of ether oxygens (including phenoxy) is 2. The summed E-state index contributed by atoms with van der Waals surface area (Å²) in [4.78, 5) is 23.1. The van der Waals surface area contributed by atoms with Crippen molar-refractivity contribution in [2.75, 3.05) is 26.3 Å². The van der Waals surface area contributed by atoms with E-state index in [1.807, 2.05) is 0 Å². The van der Waals surface area contributed by atoms with E-state index in [9.17, 15) is 18.0 Å². The minimum atomic E-state index is -3.74. The molecular weight excluding hydrogens is 336 g/mol. The Kier molecular flexibility index (Phi) is 5.58. The topological polar surface area (TPSA) is 116 Å². The SMILES string of the molecule is Cc1ccc(C(=O)O[C@H](C)C(N)=O)cc1S(=O)(=O)N1CCOCC1. The van der Waals surface area contributed by atoms with Crippen LogP contribution >= 0.6 is 0 Å². The van der Waals surface area contributed by atoms with E-state index in [4.69, 9.17) is 15.2 Å². The number of primary amides is 1. The van der Waals surface area contributed by atoms with Crippen molar-refractivity contribution in [1.29, 1.82) is 0 Å². The zero-order valence-corrected chi connectivity index (χ0v) is 14.3. The lowest BCUT2D eigenvalue weighted by Crippen LogP contribution is -2.40. The first-order valence-electron chi connectivity index (χ1n) is 7.42. The number of amides is 1. The monoisotopic (exact) mass is 356 g/mol. The summed E-state index contributed by atoms with van der Waals surface area (Å²) in [5.41, 5.74) is 5.61. The average molecular weight is 356 g/mol. The van der Waals surface area contributed by atoms with Crippen molar-refractivity contribution in [3.63, 3.8) is 0 Å². The standard InChI is InChI=1S/C15H20N2O6S/c1-10-3-4-12(15(19)23-11(2)14(16)18)9-13(10)24(20,21)17-5-7-22-8-6-17/h3-4,9,11H,5-8H2,1-2H3,(H2,16,18)/t11-/m1/s1. The second-order valence-electron chi connectivity index (χ2n) is 5.45. The molecule has 0 aliphatic carbocycles. The number of rotatable bonds is 5. The highest BCUT2D eigenvalue weighted by Gasteiger charge is 2.29. The van der Waals surface area contributed by atoms with Gasteiger partial charge in [0.2, 0.25) is 10.0 Å². The van der Waals surface area contributed by atoms with Crippen LogP contribution in [0.5, 0.6) is 0 Å². The molecule has 8 nitrogen and oxygen atoms in total. The Morgan fingerprint density at radius 3 is 2.50 bits per heavy atom. The first-order chi connectivity index (χ1) is 11.2. The molecular formula is C15H20N2O6S. The Balaban J connectivity index is 2.31. The van der Waals surface area contributed by atoms with Crippen LogP contribution in [-0.2, 0) is 24.3 Å². The molecule has 0 spiro atoms. The molecule has 2 N–H and O–H groups in total. The third-order valence-corrected chi connectivity index (χ3v) is 5.74. The molecule has 9 heteroatoms. The van der Waals surface area contributed by atoms with E-state index in [0.29, 0.717) is 18.8 Å². The molecule has 0 aromatic heterocycles. The quantitative estimate of drug-likeness (QED) is 0.745. The van der Waals surface area contributed by atoms with Crippen LogP contribution in [0.15, 0.2) is 23.1 Å². The molecule has 0 unspecified atom stereocenters. The van der Waals surface area contributed by atoms with Gasteiger partial charge < -0.3 is 15.2 Å². The molecule has 24 heavy (non-hydrogen) atoms. The van der Waals surface area contributed by atoms with Gasteiger partial charge in [0.1, 0.15) is 0 Å². The van der Waals surface area contributed by atoms with Crippen molar-refractivity contribution in [3.8, 4) is 0 Å². The van der Waals surface area contributed by atoms with Crippen LogP contribution in [0.4, 0.5) is 0 Å². The molecule has 1 heterocycles. The Morgan fingerprint density at radius 1 is 1.29 bits per heavy atom. The first-order valence-corrected chi connectivity index (χ1v) is 8.86. The van der Waals surface area contributed by atoms with Gasteiger partial charge in [0.05, 0.1) is 23.7 Å². The summed E-state index contributed by atoms with van der Waals surface area (Å²) in [5, 5.41) is 0. The summed E-state index contributed by atoms with van der Waals surface area (Å²) in [6.45, 7) is 4.17. The lowest BCUT2D eigenvalue weighted by Gasteiger charge is -2.26. The summed E-state index contributed by atoms with van der Waals surface area (Å²) in [7, 11) is -3.74. The second kappa shape index (κ2) is 7.29. The minimum absolute atomic E-state index is 0.0329. The highest BCUT2D eigenvalue weighted by molar-refractivity contribution is 7.89. The highest BCUT2D eigenvalue weighted by atomic mass is 32.2. The molecule has 1 aromatic carbocycles. The van der Waals surface area contributed by atoms with E-state index in [1.165, 1.54) is 29.4 Å². The smallest absolute Gasteiger partial charge is 0.338 e. The third-order valence-electron chi connectivity index (χ3n) is 3.70. The van der Waals surface area contributed by atoms with E-state index in [0.717, 1.165) is 0 Å². The van der Waals surface area contributed by atoms with Crippen LogP contribution in [0, 0.1) is 6.92 Å². The fourth-order valence-electron chi connectivity index (χ4n) is 2.22. The number of nitrogens with zero attached hydrogens (tertiary/aromatic N) is 1. The highest BCUT2D eigenvalue weighted by Crippen LogP contribution is 2.23. The van der Waals surface area contributed by atoms with E-state index in [1.54, 1.807) is 6.92 Å². The number of sulfonamides is 1. The zero-order valence-electron chi connectivity index (χ0n) is 13.5. The predicted octanol–water partition coefficient (Wildman–Crippen LogP) is 0.0465. The lowest BCUT2D eigenvalue weighted by molar-refractivity contribution is -0.125. The van der Waals surface area contributed by atoms with Crippen LogP contribution < -0.4 is 5.73 Å². The number of hydrogen-bond acceptors (Lipinski definition) is 6. The van der Waals surface area contributed by atoms with Gasteiger partial charge >= 0.3 is 5.97 Å². The number of hydrogen-bond donors (Lipinski definition) is 1. The predicted molar refractivity (Wildman–Crippen MR) is 84.8 cm³/mol. The molecule has 1 aliphatic heterocycles. The lowest BCUT2D eigenvalue weighted by atomic mass is 10.1. The Bertz CT molecular complexity index is 740. The maximum Gasteiger partial charge on any atom is 0.338 e. The van der Waals surface area contributed by atoms with Crippen LogP contribution in [-0.4, -0.2) is 57.0 Å². The van der Waals surface area contributed by atoms with Gasteiger partial charge in [0, 0.05) is 13.1 Å². The van der Waals surface area contributed by atoms with Gasteiger partial charge in [-0.1, -0.05) is 6.07 Å². The number of nitrogens with two attached hydrogens (primary N) is 1. The fourth-order valence-corrected chi connectivity index (χ4v) is 3.88.